The molecule has 0 aliphatic heterocycles. The van der Waals surface area contributed by atoms with Gasteiger partial charge in [0.25, 0.3) is 0 Å². The van der Waals surface area contributed by atoms with Gasteiger partial charge in [0.1, 0.15) is 0 Å². The average Bonchev–Trinajstić information content (AvgIpc) is 3.52. The van der Waals surface area contributed by atoms with Gasteiger partial charge in [0.2, 0.25) is 0 Å². The Hall–Kier alpha value is -3.66. The summed E-state index contributed by atoms with van der Waals surface area (Å²) >= 11 is 0. The highest BCUT2D eigenvalue weighted by molar-refractivity contribution is 5.98. The predicted octanol–water partition coefficient (Wildman–Crippen LogP) is 8.55. The van der Waals surface area contributed by atoms with Crippen molar-refractivity contribution < 1.29 is 4.52 Å². The van der Waals surface area contributed by atoms with E-state index in [2.05, 4.69) is 99.1 Å². The third-order valence-electron chi connectivity index (χ3n) is 7.19. The fourth-order valence-corrected chi connectivity index (χ4v) is 5.18. The van der Waals surface area contributed by atoms with Gasteiger partial charge in [0, 0.05) is 34.0 Å². The van der Waals surface area contributed by atoms with Crippen LogP contribution in [0.2, 0.25) is 0 Å². The van der Waals surface area contributed by atoms with Crippen LogP contribution in [0, 0.1) is 0 Å². The predicted molar refractivity (Wildman–Crippen MR) is 149 cm³/mol. The lowest BCUT2D eigenvalue weighted by atomic mass is 9.94. The zero-order valence-electron chi connectivity index (χ0n) is 22.0. The lowest BCUT2D eigenvalue weighted by molar-refractivity contribution is 0.432. The molecule has 0 aliphatic carbocycles. The van der Waals surface area contributed by atoms with Gasteiger partial charge in [0.15, 0.2) is 5.76 Å². The van der Waals surface area contributed by atoms with Gasteiger partial charge in [-0.2, -0.15) is 0 Å². The first-order chi connectivity index (χ1) is 17.5. The minimum Gasteiger partial charge on any atom is -0.356 e. The third-order valence-corrected chi connectivity index (χ3v) is 7.19. The van der Waals surface area contributed by atoms with Crippen molar-refractivity contribution in [3.63, 3.8) is 0 Å². The van der Waals surface area contributed by atoms with Crippen molar-refractivity contribution in [2.24, 2.45) is 0 Å². The molecule has 0 spiro atoms. The largest absolute Gasteiger partial charge is 0.356 e. The molecular formula is C32H35N3O. The molecule has 0 atom stereocenters. The number of rotatable bonds is 8. The van der Waals surface area contributed by atoms with Crippen LogP contribution in [-0.2, 0) is 19.3 Å². The number of fused-ring (bicyclic) bond motifs is 1. The van der Waals surface area contributed by atoms with Gasteiger partial charge in [0.05, 0.1) is 23.6 Å². The van der Waals surface area contributed by atoms with Gasteiger partial charge < -0.3 is 9.09 Å². The Kier molecular flexibility index (Phi) is 6.77. The highest BCUT2D eigenvalue weighted by atomic mass is 16.5. The molecule has 0 saturated carbocycles. The molecule has 5 rings (SSSR count). The molecule has 0 amide bonds. The Morgan fingerprint density at radius 1 is 0.889 bits per heavy atom. The van der Waals surface area contributed by atoms with Gasteiger partial charge in [-0.1, -0.05) is 76.5 Å². The number of nitrogens with zero attached hydrogens (tertiary/aromatic N) is 3. The molecule has 3 heterocycles. The number of pyridine rings is 1. The number of hydrogen-bond donors (Lipinski definition) is 0. The molecular weight excluding hydrogens is 442 g/mol. The van der Waals surface area contributed by atoms with Gasteiger partial charge in [-0.25, -0.2) is 0 Å². The van der Waals surface area contributed by atoms with Crippen molar-refractivity contribution in [3.8, 4) is 28.3 Å². The highest BCUT2D eigenvalue weighted by Gasteiger charge is 2.20. The smallest absolute Gasteiger partial charge is 0.172 e. The van der Waals surface area contributed by atoms with E-state index in [-0.39, 0.29) is 0 Å². The summed E-state index contributed by atoms with van der Waals surface area (Å²) in [5.74, 6) is 1.36. The van der Waals surface area contributed by atoms with Crippen molar-refractivity contribution >= 4 is 10.9 Å². The first kappa shape index (κ1) is 24.1. The van der Waals surface area contributed by atoms with E-state index in [0.29, 0.717) is 5.92 Å². The molecule has 0 aliphatic rings. The first-order valence-corrected chi connectivity index (χ1v) is 13.2. The van der Waals surface area contributed by atoms with E-state index in [4.69, 9.17) is 9.51 Å². The number of aryl methyl sites for hydroxylation is 3. The topological polar surface area (TPSA) is 43.9 Å². The Labute approximate surface area is 214 Å². The molecule has 0 unspecified atom stereocenters. The molecule has 36 heavy (non-hydrogen) atoms. The molecule has 0 N–H and O–H groups in total. The normalized spacial score (nSPS) is 11.6. The average molecular weight is 478 g/mol. The highest BCUT2D eigenvalue weighted by Crippen LogP contribution is 2.38. The summed E-state index contributed by atoms with van der Waals surface area (Å²) in [7, 11) is 0. The maximum atomic E-state index is 5.86. The van der Waals surface area contributed by atoms with Crippen LogP contribution in [0.5, 0.6) is 0 Å². The monoisotopic (exact) mass is 477 g/mol. The van der Waals surface area contributed by atoms with Crippen molar-refractivity contribution in [1.82, 2.24) is 14.7 Å². The second-order valence-electron chi connectivity index (χ2n) is 9.83. The summed E-state index contributed by atoms with van der Waals surface area (Å²) in [5.41, 5.74) is 10.7. The van der Waals surface area contributed by atoms with Crippen molar-refractivity contribution in [3.05, 3.63) is 89.4 Å². The summed E-state index contributed by atoms with van der Waals surface area (Å²) in [4.78, 5) is 5.01. The third kappa shape index (κ3) is 4.26. The van der Waals surface area contributed by atoms with Crippen molar-refractivity contribution in [2.75, 3.05) is 0 Å². The minimum absolute atomic E-state index is 0.498. The molecule has 2 aromatic carbocycles. The van der Waals surface area contributed by atoms with Crippen LogP contribution in [0.1, 0.15) is 69.2 Å². The van der Waals surface area contributed by atoms with Crippen LogP contribution in [0.25, 0.3) is 39.2 Å². The zero-order valence-corrected chi connectivity index (χ0v) is 22.0. The SMILES string of the molecule is CCCc1cnoc1-c1cn(-c2ccc(C(C)C)cc2)c2cnc(-c3c(CC)cccc3CC)cc12. The zero-order chi connectivity index (χ0) is 25.2. The summed E-state index contributed by atoms with van der Waals surface area (Å²) in [6.07, 6.45) is 10.00. The van der Waals surface area contributed by atoms with Crippen LogP contribution in [0.3, 0.4) is 0 Å². The van der Waals surface area contributed by atoms with Crippen LogP contribution in [0.15, 0.2) is 71.6 Å². The van der Waals surface area contributed by atoms with E-state index >= 15 is 0 Å². The van der Waals surface area contributed by atoms with Gasteiger partial charge in [-0.05, 0) is 60.1 Å². The molecule has 4 heteroatoms. The fourth-order valence-electron chi connectivity index (χ4n) is 5.18. The first-order valence-electron chi connectivity index (χ1n) is 13.2. The summed E-state index contributed by atoms with van der Waals surface area (Å²) in [6, 6.07) is 17.7. The minimum atomic E-state index is 0.498. The van der Waals surface area contributed by atoms with Crippen LogP contribution in [-0.4, -0.2) is 14.7 Å². The van der Waals surface area contributed by atoms with E-state index in [0.717, 1.165) is 64.9 Å². The molecule has 5 aromatic rings. The van der Waals surface area contributed by atoms with Gasteiger partial charge in [-0.3, -0.25) is 4.98 Å². The molecule has 4 nitrogen and oxygen atoms in total. The summed E-state index contributed by atoms with van der Waals surface area (Å²) in [5, 5.41) is 5.31. The molecule has 0 saturated heterocycles. The lowest BCUT2D eigenvalue weighted by Crippen LogP contribution is -1.97. The summed E-state index contributed by atoms with van der Waals surface area (Å²) < 4.78 is 8.10. The molecule has 0 fully saturated rings. The Balaban J connectivity index is 1.76. The molecule has 3 aromatic heterocycles. The van der Waals surface area contributed by atoms with E-state index < -0.39 is 0 Å². The molecule has 0 bridgehead atoms. The van der Waals surface area contributed by atoms with Crippen LogP contribution in [0.4, 0.5) is 0 Å². The fraction of sp³-hybridized carbons (Fsp3) is 0.312. The van der Waals surface area contributed by atoms with E-state index in [1.165, 1.54) is 22.3 Å². The Bertz CT molecular complexity index is 1470. The lowest BCUT2D eigenvalue weighted by Gasteiger charge is -2.13. The van der Waals surface area contributed by atoms with E-state index in [1.807, 2.05) is 12.4 Å². The van der Waals surface area contributed by atoms with E-state index in [1.54, 1.807) is 0 Å². The molecule has 184 valence electrons. The van der Waals surface area contributed by atoms with Crippen LogP contribution >= 0.6 is 0 Å². The van der Waals surface area contributed by atoms with Crippen molar-refractivity contribution in [1.29, 1.82) is 0 Å². The Morgan fingerprint density at radius 2 is 1.61 bits per heavy atom. The number of hydrogen-bond acceptors (Lipinski definition) is 3. The van der Waals surface area contributed by atoms with Gasteiger partial charge >= 0.3 is 0 Å². The second kappa shape index (κ2) is 10.1. The Morgan fingerprint density at radius 3 is 2.25 bits per heavy atom. The quantitative estimate of drug-likeness (QED) is 0.225. The van der Waals surface area contributed by atoms with Crippen LogP contribution < -0.4 is 0 Å². The maximum absolute atomic E-state index is 5.86. The number of benzene rings is 2. The maximum Gasteiger partial charge on any atom is 0.172 e. The summed E-state index contributed by atoms with van der Waals surface area (Å²) in [6.45, 7) is 11.1. The molecule has 0 radical (unpaired) electrons. The second-order valence-corrected chi connectivity index (χ2v) is 9.83. The van der Waals surface area contributed by atoms with E-state index in [9.17, 15) is 0 Å². The standard InChI is InChI=1S/C32H35N3O/c1-6-10-25-18-34-36-32(25)28-20-35(26-15-13-24(14-16-26)21(4)5)30-19-33-29(17-27(28)30)31-22(7-2)11-9-12-23(31)8-3/h9,11-21H,6-8,10H2,1-5H3. The number of aromatic nitrogens is 3. The van der Waals surface area contributed by atoms with Gasteiger partial charge in [-0.15, -0.1) is 0 Å². The van der Waals surface area contributed by atoms with Crippen molar-refractivity contribution in [2.45, 2.75) is 66.2 Å².